The lowest BCUT2D eigenvalue weighted by Gasteiger charge is -2.08. The molecule has 0 heterocycles. The number of nitrogens with two attached hydrogens (primary N) is 1. The fourth-order valence-electron chi connectivity index (χ4n) is 1.23. The minimum absolute atomic E-state index is 0.351. The van der Waals surface area contributed by atoms with Gasteiger partial charge in [-0.15, -0.1) is 0 Å². The molecule has 0 fully saturated rings. The van der Waals surface area contributed by atoms with Crippen LogP contribution in [0.4, 0.5) is 4.79 Å². The van der Waals surface area contributed by atoms with E-state index in [0.717, 1.165) is 12.7 Å². The first-order chi connectivity index (χ1) is 8.90. The maximum atomic E-state index is 11.0. The largest absolute Gasteiger partial charge is 0.424 e. The maximum absolute atomic E-state index is 11.0. The second-order valence-electron chi connectivity index (χ2n) is 3.47. The number of halogens is 2. The molecule has 3 N–H and O–H groups in total. The standard InChI is InChI=1S/C11H11I2N3O3/c1-6(17)19-10-8(12)4-7(5-9(10)13)2-3-15-16-11(14)18/h3-5H,2H2,1H3,(H3,14,16,18)/b15-3+. The summed E-state index contributed by atoms with van der Waals surface area (Å²) in [4.78, 5) is 21.4. The van der Waals surface area contributed by atoms with Crippen molar-refractivity contribution < 1.29 is 14.3 Å². The Hall–Kier alpha value is -0.910. The van der Waals surface area contributed by atoms with Crippen LogP contribution in [0.3, 0.4) is 0 Å². The third kappa shape index (κ3) is 5.72. The van der Waals surface area contributed by atoms with Crippen molar-refractivity contribution in [3.8, 4) is 5.75 Å². The Kier molecular flexibility index (Phi) is 6.48. The summed E-state index contributed by atoms with van der Waals surface area (Å²) in [5.41, 5.74) is 7.98. The van der Waals surface area contributed by atoms with E-state index >= 15 is 0 Å². The molecule has 0 aliphatic rings. The molecule has 8 heteroatoms. The van der Waals surface area contributed by atoms with Crippen LogP contribution in [0.15, 0.2) is 17.2 Å². The van der Waals surface area contributed by atoms with Gasteiger partial charge in [-0.1, -0.05) is 0 Å². The van der Waals surface area contributed by atoms with E-state index in [4.69, 9.17) is 10.5 Å². The van der Waals surface area contributed by atoms with Crippen LogP contribution in [-0.2, 0) is 11.2 Å². The summed E-state index contributed by atoms with van der Waals surface area (Å²) >= 11 is 4.20. The number of hydrogen-bond donors (Lipinski definition) is 2. The second-order valence-corrected chi connectivity index (χ2v) is 5.80. The SMILES string of the molecule is CC(=O)Oc1c(I)cc(C/C=N/NC(N)=O)cc1I. The molecule has 0 aliphatic carbocycles. The number of carbonyl (C=O) groups is 2. The summed E-state index contributed by atoms with van der Waals surface area (Å²) in [5.74, 6) is 0.209. The molecule has 19 heavy (non-hydrogen) atoms. The van der Waals surface area contributed by atoms with E-state index < -0.39 is 6.03 Å². The van der Waals surface area contributed by atoms with Gasteiger partial charge in [0.15, 0.2) is 5.75 Å². The third-order valence-corrected chi connectivity index (χ3v) is 3.50. The van der Waals surface area contributed by atoms with E-state index in [-0.39, 0.29) is 5.97 Å². The summed E-state index contributed by atoms with van der Waals surface area (Å²) in [6, 6.07) is 3.07. The Bertz CT molecular complexity index is 509. The number of nitrogens with zero attached hydrogens (tertiary/aromatic N) is 1. The smallest absolute Gasteiger partial charge is 0.332 e. The maximum Gasteiger partial charge on any atom is 0.332 e. The molecule has 102 valence electrons. The van der Waals surface area contributed by atoms with Crippen LogP contribution in [0.25, 0.3) is 0 Å². The number of amides is 2. The van der Waals surface area contributed by atoms with Crippen LogP contribution in [0.2, 0.25) is 0 Å². The average Bonchev–Trinajstić information content (AvgIpc) is 2.29. The zero-order chi connectivity index (χ0) is 14.4. The normalized spacial score (nSPS) is 10.5. The van der Waals surface area contributed by atoms with Gasteiger partial charge < -0.3 is 10.5 Å². The third-order valence-electron chi connectivity index (χ3n) is 1.90. The van der Waals surface area contributed by atoms with Gasteiger partial charge in [0.25, 0.3) is 0 Å². The van der Waals surface area contributed by atoms with Gasteiger partial charge in [0.05, 0.1) is 7.14 Å². The predicted octanol–water partition coefficient (Wildman–Crippen LogP) is 2.02. The minimum atomic E-state index is -0.703. The Labute approximate surface area is 137 Å². The van der Waals surface area contributed by atoms with Crippen molar-refractivity contribution in [2.45, 2.75) is 13.3 Å². The quantitative estimate of drug-likeness (QED) is 0.224. The number of primary amides is 1. The molecule has 2 amide bonds. The van der Waals surface area contributed by atoms with Crippen molar-refractivity contribution >= 4 is 63.4 Å². The molecule has 0 bridgehead atoms. The Balaban J connectivity index is 2.80. The number of ether oxygens (including phenoxy) is 1. The summed E-state index contributed by atoms with van der Waals surface area (Å²) < 4.78 is 6.80. The first-order valence-corrected chi connectivity index (χ1v) is 7.29. The van der Waals surface area contributed by atoms with E-state index in [1.807, 2.05) is 12.1 Å². The number of hydrazone groups is 1. The van der Waals surface area contributed by atoms with Gasteiger partial charge in [0.2, 0.25) is 0 Å². The number of urea groups is 1. The van der Waals surface area contributed by atoms with Crippen LogP contribution in [0, 0.1) is 7.14 Å². The van der Waals surface area contributed by atoms with Crippen molar-refractivity contribution in [3.05, 3.63) is 24.8 Å². The van der Waals surface area contributed by atoms with E-state index in [1.54, 1.807) is 0 Å². The minimum Gasteiger partial charge on any atom is -0.424 e. The number of rotatable bonds is 4. The zero-order valence-electron chi connectivity index (χ0n) is 9.94. The molecule has 1 aromatic rings. The van der Waals surface area contributed by atoms with E-state index in [2.05, 4.69) is 55.7 Å². The Morgan fingerprint density at radius 1 is 1.42 bits per heavy atom. The number of hydrogen-bond acceptors (Lipinski definition) is 4. The molecule has 0 saturated heterocycles. The molecule has 0 aromatic heterocycles. The summed E-state index contributed by atoms with van der Waals surface area (Å²) in [5, 5.41) is 3.66. The summed E-state index contributed by atoms with van der Waals surface area (Å²) in [7, 11) is 0. The fourth-order valence-corrected chi connectivity index (χ4v) is 3.35. The van der Waals surface area contributed by atoms with Crippen molar-refractivity contribution in [1.29, 1.82) is 0 Å². The van der Waals surface area contributed by atoms with E-state index in [0.29, 0.717) is 12.2 Å². The van der Waals surface area contributed by atoms with Crippen LogP contribution in [0.1, 0.15) is 12.5 Å². The number of benzene rings is 1. The number of esters is 1. The van der Waals surface area contributed by atoms with Crippen molar-refractivity contribution in [2.24, 2.45) is 10.8 Å². The monoisotopic (exact) mass is 487 g/mol. The first-order valence-electron chi connectivity index (χ1n) is 5.13. The molecule has 0 atom stereocenters. The lowest BCUT2D eigenvalue weighted by Crippen LogP contribution is -2.24. The molecule has 0 radical (unpaired) electrons. The fraction of sp³-hybridized carbons (Fsp3) is 0.182. The van der Waals surface area contributed by atoms with Gasteiger partial charge in [-0.05, 0) is 62.9 Å². The van der Waals surface area contributed by atoms with Crippen molar-refractivity contribution in [1.82, 2.24) is 5.43 Å². The highest BCUT2D eigenvalue weighted by Crippen LogP contribution is 2.29. The number of carbonyl (C=O) groups excluding carboxylic acids is 2. The van der Waals surface area contributed by atoms with E-state index in [9.17, 15) is 9.59 Å². The topological polar surface area (TPSA) is 93.8 Å². The highest BCUT2D eigenvalue weighted by molar-refractivity contribution is 14.1. The van der Waals surface area contributed by atoms with Gasteiger partial charge in [0, 0.05) is 19.6 Å². The molecule has 0 spiro atoms. The van der Waals surface area contributed by atoms with Crippen LogP contribution in [0.5, 0.6) is 5.75 Å². The lowest BCUT2D eigenvalue weighted by molar-refractivity contribution is -0.132. The molecular weight excluding hydrogens is 476 g/mol. The lowest BCUT2D eigenvalue weighted by atomic mass is 10.1. The molecule has 0 saturated carbocycles. The molecular formula is C11H11I2N3O3. The van der Waals surface area contributed by atoms with Gasteiger partial charge in [0.1, 0.15) is 0 Å². The molecule has 6 nitrogen and oxygen atoms in total. The van der Waals surface area contributed by atoms with Gasteiger partial charge in [-0.2, -0.15) is 5.10 Å². The Morgan fingerprint density at radius 2 is 2.00 bits per heavy atom. The van der Waals surface area contributed by atoms with Crippen molar-refractivity contribution in [3.63, 3.8) is 0 Å². The average molecular weight is 487 g/mol. The Morgan fingerprint density at radius 3 is 2.47 bits per heavy atom. The van der Waals surface area contributed by atoms with Gasteiger partial charge in [-0.3, -0.25) is 4.79 Å². The van der Waals surface area contributed by atoms with Gasteiger partial charge >= 0.3 is 12.0 Å². The van der Waals surface area contributed by atoms with Crippen LogP contribution < -0.4 is 15.9 Å². The molecule has 1 rings (SSSR count). The van der Waals surface area contributed by atoms with Gasteiger partial charge in [-0.25, -0.2) is 10.2 Å². The highest BCUT2D eigenvalue weighted by atomic mass is 127. The highest BCUT2D eigenvalue weighted by Gasteiger charge is 2.10. The van der Waals surface area contributed by atoms with Crippen LogP contribution in [-0.4, -0.2) is 18.2 Å². The number of nitrogens with one attached hydrogen (secondary N) is 1. The molecule has 0 aliphatic heterocycles. The molecule has 1 aromatic carbocycles. The molecule has 0 unspecified atom stereocenters. The zero-order valence-corrected chi connectivity index (χ0v) is 14.3. The second kappa shape index (κ2) is 7.62. The summed E-state index contributed by atoms with van der Waals surface area (Å²) in [6.45, 7) is 1.36. The first kappa shape index (κ1) is 16.1. The predicted molar refractivity (Wildman–Crippen MR) is 88.1 cm³/mol. The van der Waals surface area contributed by atoms with Crippen molar-refractivity contribution in [2.75, 3.05) is 0 Å². The van der Waals surface area contributed by atoms with Crippen LogP contribution >= 0.6 is 45.2 Å². The summed E-state index contributed by atoms with van der Waals surface area (Å²) in [6.07, 6.45) is 2.07. The van der Waals surface area contributed by atoms with E-state index in [1.165, 1.54) is 13.1 Å².